The Morgan fingerprint density at radius 1 is 1.04 bits per heavy atom. The maximum Gasteiger partial charge on any atom is 0.185 e. The number of nitrogens with zero attached hydrogens (tertiary/aromatic N) is 2. The third-order valence-corrected chi connectivity index (χ3v) is 4.07. The van der Waals surface area contributed by atoms with Crippen molar-refractivity contribution in [1.29, 1.82) is 5.26 Å². The maximum absolute atomic E-state index is 9.67. The summed E-state index contributed by atoms with van der Waals surface area (Å²) in [5.41, 5.74) is 6.16. The molecule has 3 aromatic rings. The topological polar surface area (TPSA) is 59.1 Å². The summed E-state index contributed by atoms with van der Waals surface area (Å²) >= 11 is 0. The van der Waals surface area contributed by atoms with E-state index >= 15 is 0 Å². The molecule has 0 N–H and O–H groups in total. The standard InChI is InChI=1S/C20H18N2O2/c1-12-9-13(2)18(14(3)10-12)19-17(11-21)20(24-22-19)15-5-7-16(23-4)8-6-15/h5-10H,1-4H3. The number of hydrogen-bond donors (Lipinski definition) is 0. The highest BCUT2D eigenvalue weighted by atomic mass is 16.5. The molecule has 2 aromatic carbocycles. The van der Waals surface area contributed by atoms with Crippen molar-refractivity contribution in [3.05, 3.63) is 58.7 Å². The van der Waals surface area contributed by atoms with Crippen LogP contribution in [-0.4, -0.2) is 12.3 Å². The average molecular weight is 318 g/mol. The van der Waals surface area contributed by atoms with Crippen LogP contribution in [0, 0.1) is 32.1 Å². The van der Waals surface area contributed by atoms with E-state index in [1.54, 1.807) is 7.11 Å². The van der Waals surface area contributed by atoms with Gasteiger partial charge in [0.1, 0.15) is 23.1 Å². The molecule has 0 spiro atoms. The first-order valence-electron chi connectivity index (χ1n) is 7.67. The SMILES string of the molecule is COc1ccc(-c2onc(-c3c(C)cc(C)cc3C)c2C#N)cc1. The van der Waals surface area contributed by atoms with Crippen molar-refractivity contribution in [2.24, 2.45) is 0 Å². The minimum absolute atomic E-state index is 0.454. The number of hydrogen-bond acceptors (Lipinski definition) is 4. The molecule has 0 saturated heterocycles. The lowest BCUT2D eigenvalue weighted by Gasteiger charge is -2.08. The molecule has 4 nitrogen and oxygen atoms in total. The lowest BCUT2D eigenvalue weighted by molar-refractivity contribution is 0.414. The Morgan fingerprint density at radius 3 is 2.21 bits per heavy atom. The number of methoxy groups -OCH3 is 1. The van der Waals surface area contributed by atoms with E-state index in [0.29, 0.717) is 17.0 Å². The molecule has 0 atom stereocenters. The molecule has 1 aromatic heterocycles. The molecule has 0 aliphatic rings. The van der Waals surface area contributed by atoms with Gasteiger partial charge in [0.25, 0.3) is 0 Å². The van der Waals surface area contributed by atoms with Crippen LogP contribution in [0.5, 0.6) is 5.75 Å². The summed E-state index contributed by atoms with van der Waals surface area (Å²) in [5, 5.41) is 13.9. The first kappa shape index (κ1) is 15.8. The largest absolute Gasteiger partial charge is 0.497 e. The highest BCUT2D eigenvalue weighted by Gasteiger charge is 2.21. The van der Waals surface area contributed by atoms with Gasteiger partial charge in [-0.05, 0) is 56.2 Å². The third kappa shape index (κ3) is 2.65. The normalized spacial score (nSPS) is 10.5. The van der Waals surface area contributed by atoms with Gasteiger partial charge < -0.3 is 9.26 Å². The molecule has 0 fully saturated rings. The molecule has 4 heteroatoms. The Bertz CT molecular complexity index is 908. The molecule has 0 unspecified atom stereocenters. The van der Waals surface area contributed by atoms with Crippen LogP contribution in [-0.2, 0) is 0 Å². The van der Waals surface area contributed by atoms with Crippen LogP contribution in [0.25, 0.3) is 22.6 Å². The molecule has 0 radical (unpaired) electrons. The molecule has 0 aliphatic heterocycles. The molecule has 1 heterocycles. The monoisotopic (exact) mass is 318 g/mol. The van der Waals surface area contributed by atoms with E-state index in [1.165, 1.54) is 5.56 Å². The van der Waals surface area contributed by atoms with Gasteiger partial charge in [-0.2, -0.15) is 5.26 Å². The van der Waals surface area contributed by atoms with Gasteiger partial charge in [-0.1, -0.05) is 22.9 Å². The Kier molecular flexibility index (Phi) is 4.09. The first-order chi connectivity index (χ1) is 11.5. The van der Waals surface area contributed by atoms with Crippen LogP contribution in [0.15, 0.2) is 40.9 Å². The lowest BCUT2D eigenvalue weighted by Crippen LogP contribution is -1.92. The zero-order chi connectivity index (χ0) is 17.3. The van der Waals surface area contributed by atoms with E-state index in [9.17, 15) is 5.26 Å². The molecule has 0 saturated carbocycles. The lowest BCUT2D eigenvalue weighted by atomic mass is 9.94. The summed E-state index contributed by atoms with van der Waals surface area (Å²) in [7, 11) is 1.62. The maximum atomic E-state index is 9.67. The second-order valence-corrected chi connectivity index (χ2v) is 5.85. The summed E-state index contributed by atoms with van der Waals surface area (Å²) < 4.78 is 10.7. The number of rotatable bonds is 3. The number of nitriles is 1. The van der Waals surface area contributed by atoms with Gasteiger partial charge in [-0.3, -0.25) is 0 Å². The zero-order valence-electron chi connectivity index (χ0n) is 14.2. The second kappa shape index (κ2) is 6.21. The van der Waals surface area contributed by atoms with Crippen molar-refractivity contribution < 1.29 is 9.26 Å². The van der Waals surface area contributed by atoms with E-state index in [0.717, 1.165) is 28.0 Å². The average Bonchev–Trinajstić information content (AvgIpc) is 2.97. The van der Waals surface area contributed by atoms with Gasteiger partial charge in [0, 0.05) is 11.1 Å². The zero-order valence-corrected chi connectivity index (χ0v) is 14.2. The predicted octanol–water partition coefficient (Wildman–Crippen LogP) is 4.81. The van der Waals surface area contributed by atoms with E-state index in [1.807, 2.05) is 38.1 Å². The Labute approximate surface area is 141 Å². The highest BCUT2D eigenvalue weighted by molar-refractivity contribution is 5.79. The molecular weight excluding hydrogens is 300 g/mol. The Morgan fingerprint density at radius 2 is 1.67 bits per heavy atom. The van der Waals surface area contributed by atoms with Crippen LogP contribution in [0.2, 0.25) is 0 Å². The molecule has 0 aliphatic carbocycles. The smallest absolute Gasteiger partial charge is 0.185 e. The predicted molar refractivity (Wildman–Crippen MR) is 92.9 cm³/mol. The summed E-state index contributed by atoms with van der Waals surface area (Å²) in [6.45, 7) is 6.11. The quantitative estimate of drug-likeness (QED) is 0.695. The van der Waals surface area contributed by atoms with Crippen LogP contribution in [0.3, 0.4) is 0 Å². The van der Waals surface area contributed by atoms with E-state index in [-0.39, 0.29) is 0 Å². The fourth-order valence-corrected chi connectivity index (χ4v) is 3.06. The summed E-state index contributed by atoms with van der Waals surface area (Å²) in [4.78, 5) is 0. The molecule has 3 rings (SSSR count). The van der Waals surface area contributed by atoms with Crippen molar-refractivity contribution in [2.45, 2.75) is 20.8 Å². The van der Waals surface area contributed by atoms with Gasteiger partial charge in [0.2, 0.25) is 0 Å². The van der Waals surface area contributed by atoms with Crippen molar-refractivity contribution in [3.8, 4) is 34.4 Å². The molecule has 0 bridgehead atoms. The van der Waals surface area contributed by atoms with Crippen LogP contribution < -0.4 is 4.74 Å². The van der Waals surface area contributed by atoms with Crippen molar-refractivity contribution in [3.63, 3.8) is 0 Å². The van der Waals surface area contributed by atoms with Gasteiger partial charge in [0.15, 0.2) is 5.76 Å². The van der Waals surface area contributed by atoms with E-state index in [2.05, 4.69) is 30.3 Å². The highest BCUT2D eigenvalue weighted by Crippen LogP contribution is 2.35. The van der Waals surface area contributed by atoms with Crippen LogP contribution in [0.1, 0.15) is 22.3 Å². The van der Waals surface area contributed by atoms with E-state index < -0.39 is 0 Å². The minimum Gasteiger partial charge on any atom is -0.497 e. The fourth-order valence-electron chi connectivity index (χ4n) is 3.06. The summed E-state index contributed by atoms with van der Waals surface area (Å²) in [6, 6.07) is 13.8. The van der Waals surface area contributed by atoms with Crippen molar-refractivity contribution >= 4 is 0 Å². The Balaban J connectivity index is 2.16. The van der Waals surface area contributed by atoms with Gasteiger partial charge >= 0.3 is 0 Å². The molecular formula is C20H18N2O2. The van der Waals surface area contributed by atoms with Gasteiger partial charge in [-0.25, -0.2) is 0 Å². The minimum atomic E-state index is 0.454. The van der Waals surface area contributed by atoms with Crippen LogP contribution >= 0.6 is 0 Å². The molecule has 120 valence electrons. The van der Waals surface area contributed by atoms with Crippen molar-refractivity contribution in [2.75, 3.05) is 7.11 Å². The number of aromatic nitrogens is 1. The van der Waals surface area contributed by atoms with E-state index in [4.69, 9.17) is 9.26 Å². The van der Waals surface area contributed by atoms with Crippen LogP contribution in [0.4, 0.5) is 0 Å². The second-order valence-electron chi connectivity index (χ2n) is 5.85. The number of aryl methyl sites for hydroxylation is 3. The fraction of sp³-hybridized carbons (Fsp3) is 0.200. The summed E-state index contributed by atoms with van der Waals surface area (Å²) in [5.74, 6) is 1.23. The number of ether oxygens (including phenoxy) is 1. The third-order valence-electron chi connectivity index (χ3n) is 4.07. The molecule has 0 amide bonds. The summed E-state index contributed by atoms with van der Waals surface area (Å²) in [6.07, 6.45) is 0. The molecule has 24 heavy (non-hydrogen) atoms. The van der Waals surface area contributed by atoms with Crippen molar-refractivity contribution in [1.82, 2.24) is 5.16 Å². The number of benzene rings is 2. The van der Waals surface area contributed by atoms with Gasteiger partial charge in [0.05, 0.1) is 7.11 Å². The Hall–Kier alpha value is -3.06. The van der Waals surface area contributed by atoms with Gasteiger partial charge in [-0.15, -0.1) is 0 Å². The first-order valence-corrected chi connectivity index (χ1v) is 7.67.